The van der Waals surface area contributed by atoms with E-state index in [2.05, 4.69) is 15.5 Å². The highest BCUT2D eigenvalue weighted by atomic mass is 19.4. The molecule has 2 amide bonds. The summed E-state index contributed by atoms with van der Waals surface area (Å²) >= 11 is 0. The molecular formula is C22H21F5N4O3. The molecule has 1 N–H and O–H groups in total. The molecule has 2 fully saturated rings. The Balaban J connectivity index is 1.35. The lowest BCUT2D eigenvalue weighted by atomic mass is 9.88. The topological polar surface area (TPSA) is 88.3 Å². The van der Waals surface area contributed by atoms with Gasteiger partial charge in [0.1, 0.15) is 5.41 Å². The Morgan fingerprint density at radius 1 is 1.18 bits per heavy atom. The molecule has 0 bridgehead atoms. The maximum atomic E-state index is 13.4. The molecule has 1 aromatic heterocycles. The van der Waals surface area contributed by atoms with Crippen molar-refractivity contribution in [3.63, 3.8) is 0 Å². The highest BCUT2D eigenvalue weighted by molar-refractivity contribution is 5.99. The molecule has 2 aromatic rings. The number of fused-ring (bicyclic) bond motifs is 1. The van der Waals surface area contributed by atoms with Gasteiger partial charge in [-0.15, -0.1) is 10.2 Å². The molecule has 3 aliphatic rings. The fourth-order valence-electron chi connectivity index (χ4n) is 4.89. The molecule has 12 heteroatoms. The summed E-state index contributed by atoms with van der Waals surface area (Å²) < 4.78 is 70.6. The maximum Gasteiger partial charge on any atom is 0.403 e. The number of nitrogens with one attached hydrogen (secondary N) is 1. The molecule has 5 rings (SSSR count). The largest absolute Gasteiger partial charge is 0.415 e. The van der Waals surface area contributed by atoms with Gasteiger partial charge in [-0.3, -0.25) is 9.59 Å². The van der Waals surface area contributed by atoms with Gasteiger partial charge in [0.2, 0.25) is 11.8 Å². The maximum absolute atomic E-state index is 13.4. The van der Waals surface area contributed by atoms with E-state index in [4.69, 9.17) is 4.42 Å². The standard InChI is InChI=1S/C22H21F5N4O3/c23-16(24)18-30-29-17(34-18)11-5-6-12-10-31(19(32)13(12)9-11)15-4-2-1-3-14(15)28-20(33)21(7-8-21)22(25,26)27/h5-6,9,14-16H,1-4,7-8,10H2,(H,28,33)/t14-,15?/m1/s1. The van der Waals surface area contributed by atoms with Gasteiger partial charge in [0.25, 0.3) is 11.8 Å². The average molecular weight is 484 g/mol. The Labute approximate surface area is 190 Å². The first-order valence-electron chi connectivity index (χ1n) is 11.0. The molecule has 34 heavy (non-hydrogen) atoms. The molecule has 0 radical (unpaired) electrons. The number of hydrogen-bond acceptors (Lipinski definition) is 5. The van der Waals surface area contributed by atoms with Crippen LogP contribution in [0.25, 0.3) is 11.5 Å². The fourth-order valence-corrected chi connectivity index (χ4v) is 4.89. The van der Waals surface area contributed by atoms with Crippen molar-refractivity contribution in [2.75, 3.05) is 0 Å². The van der Waals surface area contributed by atoms with Gasteiger partial charge in [0, 0.05) is 23.7 Å². The van der Waals surface area contributed by atoms with Crippen LogP contribution in [0.3, 0.4) is 0 Å². The minimum atomic E-state index is -4.60. The van der Waals surface area contributed by atoms with Crippen molar-refractivity contribution in [1.82, 2.24) is 20.4 Å². The molecular weight excluding hydrogens is 463 g/mol. The fraction of sp³-hybridized carbons (Fsp3) is 0.545. The lowest BCUT2D eigenvalue weighted by Crippen LogP contribution is -2.56. The molecule has 2 aliphatic carbocycles. The van der Waals surface area contributed by atoms with Crippen LogP contribution in [0.2, 0.25) is 0 Å². The normalized spacial score (nSPS) is 23.8. The first-order chi connectivity index (χ1) is 16.1. The van der Waals surface area contributed by atoms with E-state index in [-0.39, 0.29) is 31.2 Å². The Bertz CT molecular complexity index is 1130. The monoisotopic (exact) mass is 484 g/mol. The summed E-state index contributed by atoms with van der Waals surface area (Å²) in [6, 6.07) is 3.70. The number of alkyl halides is 5. The lowest BCUT2D eigenvalue weighted by molar-refractivity contribution is -0.193. The Hall–Kier alpha value is -3.05. The summed E-state index contributed by atoms with van der Waals surface area (Å²) in [6.07, 6.45) is -5.41. The summed E-state index contributed by atoms with van der Waals surface area (Å²) in [5.41, 5.74) is -0.989. The average Bonchev–Trinajstić information content (AvgIpc) is 3.37. The van der Waals surface area contributed by atoms with Gasteiger partial charge in [-0.2, -0.15) is 22.0 Å². The zero-order valence-corrected chi connectivity index (χ0v) is 17.9. The third-order valence-corrected chi connectivity index (χ3v) is 6.99. The van der Waals surface area contributed by atoms with Gasteiger partial charge in [-0.1, -0.05) is 18.9 Å². The van der Waals surface area contributed by atoms with Crippen molar-refractivity contribution < 1.29 is 36.0 Å². The predicted octanol–water partition coefficient (Wildman–Crippen LogP) is 4.40. The van der Waals surface area contributed by atoms with Crippen molar-refractivity contribution in [1.29, 1.82) is 0 Å². The minimum Gasteiger partial charge on any atom is -0.415 e. The number of hydrogen-bond donors (Lipinski definition) is 1. The van der Waals surface area contributed by atoms with Crippen LogP contribution in [0, 0.1) is 5.41 Å². The molecule has 0 spiro atoms. The molecule has 2 saturated carbocycles. The zero-order chi connectivity index (χ0) is 24.3. The summed E-state index contributed by atoms with van der Waals surface area (Å²) in [5.74, 6) is -2.33. The number of carbonyl (C=O) groups is 2. The summed E-state index contributed by atoms with van der Waals surface area (Å²) in [5, 5.41) is 9.49. The van der Waals surface area contributed by atoms with Crippen molar-refractivity contribution in [2.24, 2.45) is 5.41 Å². The number of benzene rings is 1. The summed E-state index contributed by atoms with van der Waals surface area (Å²) in [4.78, 5) is 27.4. The zero-order valence-electron chi connectivity index (χ0n) is 17.9. The molecule has 7 nitrogen and oxygen atoms in total. The van der Waals surface area contributed by atoms with E-state index >= 15 is 0 Å². The van der Waals surface area contributed by atoms with Crippen molar-refractivity contribution >= 4 is 11.8 Å². The quantitative estimate of drug-likeness (QED) is 0.636. The molecule has 2 atom stereocenters. The van der Waals surface area contributed by atoms with Gasteiger partial charge < -0.3 is 14.6 Å². The number of nitrogens with zero attached hydrogens (tertiary/aromatic N) is 3. The minimum absolute atomic E-state index is 0.144. The Morgan fingerprint density at radius 2 is 1.91 bits per heavy atom. The van der Waals surface area contributed by atoms with E-state index in [0.717, 1.165) is 12.8 Å². The van der Waals surface area contributed by atoms with Crippen LogP contribution in [0.4, 0.5) is 22.0 Å². The van der Waals surface area contributed by atoms with Gasteiger partial charge in [0.15, 0.2) is 0 Å². The van der Waals surface area contributed by atoms with Crippen LogP contribution in [-0.2, 0) is 11.3 Å². The smallest absolute Gasteiger partial charge is 0.403 e. The van der Waals surface area contributed by atoms with Crippen LogP contribution in [0.15, 0.2) is 22.6 Å². The van der Waals surface area contributed by atoms with E-state index < -0.39 is 41.9 Å². The molecule has 1 aromatic carbocycles. The molecule has 2 heterocycles. The van der Waals surface area contributed by atoms with Gasteiger partial charge in [-0.25, -0.2) is 0 Å². The number of amides is 2. The highest BCUT2D eigenvalue weighted by Crippen LogP contribution is 2.57. The number of halogens is 5. The highest BCUT2D eigenvalue weighted by Gasteiger charge is 2.68. The number of aromatic nitrogens is 2. The molecule has 1 aliphatic heterocycles. The van der Waals surface area contributed by atoms with E-state index in [1.165, 1.54) is 6.07 Å². The second kappa shape index (κ2) is 8.02. The first-order valence-corrected chi connectivity index (χ1v) is 11.0. The first kappa shape index (κ1) is 22.7. The van der Waals surface area contributed by atoms with Crippen LogP contribution >= 0.6 is 0 Å². The number of rotatable bonds is 5. The number of carbonyl (C=O) groups excluding carboxylic acids is 2. The van der Waals surface area contributed by atoms with Crippen LogP contribution < -0.4 is 5.32 Å². The van der Waals surface area contributed by atoms with Gasteiger partial charge in [0.05, 0.1) is 6.04 Å². The van der Waals surface area contributed by atoms with E-state index in [0.29, 0.717) is 29.5 Å². The van der Waals surface area contributed by atoms with E-state index in [9.17, 15) is 31.5 Å². The third-order valence-electron chi connectivity index (χ3n) is 6.99. The summed E-state index contributed by atoms with van der Waals surface area (Å²) in [7, 11) is 0. The van der Waals surface area contributed by atoms with Gasteiger partial charge in [-0.05, 0) is 43.4 Å². The lowest BCUT2D eigenvalue weighted by Gasteiger charge is -2.39. The van der Waals surface area contributed by atoms with E-state index in [1.54, 1.807) is 17.0 Å². The van der Waals surface area contributed by atoms with Crippen molar-refractivity contribution in [3.8, 4) is 11.5 Å². The Kier molecular flexibility index (Phi) is 5.36. The van der Waals surface area contributed by atoms with Crippen LogP contribution in [0.5, 0.6) is 0 Å². The SMILES string of the molecule is O=C1c2cc(-c3nnc(C(F)F)o3)ccc2CN1C1CCCC[C@H]1NC(=O)C1(C(F)(F)F)CC1. The van der Waals surface area contributed by atoms with Crippen molar-refractivity contribution in [3.05, 3.63) is 35.2 Å². The predicted molar refractivity (Wildman–Crippen MR) is 106 cm³/mol. The van der Waals surface area contributed by atoms with Crippen LogP contribution in [-0.4, -0.2) is 45.2 Å². The van der Waals surface area contributed by atoms with E-state index in [1.807, 2.05) is 0 Å². The molecule has 0 saturated heterocycles. The Morgan fingerprint density at radius 3 is 2.56 bits per heavy atom. The van der Waals surface area contributed by atoms with Gasteiger partial charge >= 0.3 is 12.6 Å². The molecule has 182 valence electrons. The summed E-state index contributed by atoms with van der Waals surface area (Å²) in [6.45, 7) is 0.238. The second-order valence-electron chi connectivity index (χ2n) is 9.06. The molecule has 1 unspecified atom stereocenters. The van der Waals surface area contributed by atoms with Crippen LogP contribution in [0.1, 0.15) is 66.8 Å². The second-order valence-corrected chi connectivity index (χ2v) is 9.06. The van der Waals surface area contributed by atoms with Crippen molar-refractivity contribution in [2.45, 2.75) is 69.8 Å². The third kappa shape index (κ3) is 3.72.